The van der Waals surface area contributed by atoms with Crippen LogP contribution < -0.4 is 16.0 Å². The Morgan fingerprint density at radius 2 is 1.62 bits per heavy atom. The summed E-state index contributed by atoms with van der Waals surface area (Å²) in [6.45, 7) is 0. The average Bonchev–Trinajstić information content (AvgIpc) is 3.39. The highest BCUT2D eigenvalue weighted by atomic mass is 16.3. The molecule has 1 atom stereocenters. The predicted molar refractivity (Wildman–Crippen MR) is 109 cm³/mol. The van der Waals surface area contributed by atoms with Crippen LogP contribution in [0.15, 0.2) is 93.9 Å². The highest BCUT2D eigenvalue weighted by Crippen LogP contribution is 2.48. The summed E-state index contributed by atoms with van der Waals surface area (Å²) in [5, 5.41) is 23.1. The number of anilines is 2. The Balaban J connectivity index is 1.67. The van der Waals surface area contributed by atoms with E-state index in [1.165, 1.54) is 0 Å². The van der Waals surface area contributed by atoms with Crippen LogP contribution in [-0.4, -0.2) is 0 Å². The maximum absolute atomic E-state index is 9.98. The monoisotopic (exact) mass is 377 g/mol. The topological polar surface area (TPSA) is 102 Å². The Morgan fingerprint density at radius 3 is 2.38 bits per heavy atom. The molecule has 2 aliphatic rings. The number of nitriles is 2. The fourth-order valence-electron chi connectivity index (χ4n) is 3.86. The van der Waals surface area contributed by atoms with Crippen molar-refractivity contribution >= 4 is 11.4 Å². The van der Waals surface area contributed by atoms with Crippen LogP contribution in [0.3, 0.4) is 0 Å². The van der Waals surface area contributed by atoms with E-state index in [9.17, 15) is 10.5 Å². The number of nitrogens with one attached hydrogen (secondary N) is 1. The first-order valence-corrected chi connectivity index (χ1v) is 9.08. The zero-order chi connectivity index (χ0) is 20.0. The smallest absolute Gasteiger partial charge is 0.134 e. The van der Waals surface area contributed by atoms with Crippen LogP contribution in [0.1, 0.15) is 11.7 Å². The van der Waals surface area contributed by atoms with Gasteiger partial charge in [0.05, 0.1) is 40.6 Å². The first-order chi connectivity index (χ1) is 14.2. The van der Waals surface area contributed by atoms with Gasteiger partial charge < -0.3 is 15.5 Å². The van der Waals surface area contributed by atoms with Gasteiger partial charge in [-0.25, -0.2) is 0 Å². The molecule has 0 amide bonds. The lowest BCUT2D eigenvalue weighted by Gasteiger charge is -2.30. The zero-order valence-electron chi connectivity index (χ0n) is 15.3. The standard InChI is InChI=1S/C23H15N5O/c24-12-15-21(20-11-10-19(29-20)14-6-2-1-3-7-14)16(13-25)23-27-17-8-4-5-9-18(17)28(23)22(15)26/h1-11,21,27H,26H2/t21-/m1/s1. The minimum absolute atomic E-state index is 0.290. The fraction of sp³-hybridized carbons (Fsp3) is 0.0435. The lowest BCUT2D eigenvalue weighted by Crippen LogP contribution is -2.34. The molecule has 6 heteroatoms. The summed E-state index contributed by atoms with van der Waals surface area (Å²) in [5.41, 5.74) is 9.65. The van der Waals surface area contributed by atoms with Gasteiger partial charge in [-0.3, -0.25) is 4.90 Å². The van der Waals surface area contributed by atoms with Gasteiger partial charge in [0.15, 0.2) is 0 Å². The first-order valence-electron chi connectivity index (χ1n) is 9.08. The van der Waals surface area contributed by atoms with Crippen molar-refractivity contribution in [2.45, 2.75) is 5.92 Å². The molecule has 138 valence electrons. The molecule has 2 aromatic carbocycles. The van der Waals surface area contributed by atoms with Crippen molar-refractivity contribution in [1.29, 1.82) is 10.5 Å². The van der Waals surface area contributed by atoms with Crippen LogP contribution in [-0.2, 0) is 0 Å². The van der Waals surface area contributed by atoms with Crippen LogP contribution in [0.2, 0.25) is 0 Å². The van der Waals surface area contributed by atoms with E-state index in [4.69, 9.17) is 10.2 Å². The van der Waals surface area contributed by atoms with Gasteiger partial charge in [0.1, 0.15) is 23.2 Å². The minimum atomic E-state index is -0.671. The van der Waals surface area contributed by atoms with Gasteiger partial charge in [-0.05, 0) is 24.3 Å². The summed E-state index contributed by atoms with van der Waals surface area (Å²) in [5.74, 6) is 1.36. The SMILES string of the molecule is N#CC1=C(N)N2C(=C(C#N)[C@@H]1c1ccc(-c3ccccc3)o1)Nc1ccccc12. The molecule has 29 heavy (non-hydrogen) atoms. The summed E-state index contributed by atoms with van der Waals surface area (Å²) in [6.07, 6.45) is 0. The molecule has 0 unspecified atom stereocenters. The van der Waals surface area contributed by atoms with Crippen molar-refractivity contribution in [3.05, 3.63) is 95.3 Å². The van der Waals surface area contributed by atoms with Gasteiger partial charge in [0.2, 0.25) is 0 Å². The molecule has 0 radical (unpaired) electrons. The largest absolute Gasteiger partial charge is 0.460 e. The lowest BCUT2D eigenvalue weighted by molar-refractivity contribution is 0.512. The number of nitrogens with zero attached hydrogens (tertiary/aromatic N) is 3. The number of furan rings is 1. The molecule has 3 heterocycles. The van der Waals surface area contributed by atoms with Gasteiger partial charge in [-0.2, -0.15) is 10.5 Å². The molecule has 6 nitrogen and oxygen atoms in total. The first kappa shape index (κ1) is 16.7. The number of hydrogen-bond donors (Lipinski definition) is 2. The molecule has 3 aromatic rings. The number of para-hydroxylation sites is 2. The summed E-state index contributed by atoms with van der Waals surface area (Å²) in [4.78, 5) is 1.73. The van der Waals surface area contributed by atoms with Crippen molar-refractivity contribution < 1.29 is 4.42 Å². The van der Waals surface area contributed by atoms with E-state index in [0.717, 1.165) is 16.9 Å². The summed E-state index contributed by atoms with van der Waals surface area (Å²) in [6, 6.07) is 25.4. The van der Waals surface area contributed by atoms with Gasteiger partial charge in [-0.15, -0.1) is 0 Å². The molecule has 5 rings (SSSR count). The second-order valence-electron chi connectivity index (χ2n) is 6.76. The Kier molecular flexibility index (Phi) is 3.65. The summed E-state index contributed by atoms with van der Waals surface area (Å²) >= 11 is 0. The van der Waals surface area contributed by atoms with E-state index in [1.807, 2.05) is 60.7 Å². The third-order valence-electron chi connectivity index (χ3n) is 5.18. The van der Waals surface area contributed by atoms with E-state index in [1.54, 1.807) is 11.0 Å². The maximum atomic E-state index is 9.98. The predicted octanol–water partition coefficient (Wildman–Crippen LogP) is 4.40. The van der Waals surface area contributed by atoms with Gasteiger partial charge >= 0.3 is 0 Å². The van der Waals surface area contributed by atoms with Crippen molar-refractivity contribution in [2.24, 2.45) is 5.73 Å². The molecule has 0 bridgehead atoms. The molecule has 0 saturated carbocycles. The Bertz CT molecular complexity index is 1270. The van der Waals surface area contributed by atoms with Gasteiger partial charge in [0, 0.05) is 5.56 Å². The normalized spacial score (nSPS) is 17.3. The molecular weight excluding hydrogens is 362 g/mol. The number of fused-ring (bicyclic) bond motifs is 3. The number of allylic oxidation sites excluding steroid dienone is 2. The average molecular weight is 377 g/mol. The maximum Gasteiger partial charge on any atom is 0.134 e. The fourth-order valence-corrected chi connectivity index (χ4v) is 3.86. The molecule has 1 aromatic heterocycles. The molecule has 0 aliphatic carbocycles. The number of rotatable bonds is 2. The van der Waals surface area contributed by atoms with Crippen LogP contribution in [0, 0.1) is 22.7 Å². The highest BCUT2D eigenvalue weighted by molar-refractivity contribution is 5.86. The van der Waals surface area contributed by atoms with Crippen LogP contribution in [0.5, 0.6) is 0 Å². The molecule has 0 fully saturated rings. The van der Waals surface area contributed by atoms with Crippen molar-refractivity contribution in [3.63, 3.8) is 0 Å². The third-order valence-corrected chi connectivity index (χ3v) is 5.18. The Hall–Kier alpha value is -4.42. The van der Waals surface area contributed by atoms with E-state index < -0.39 is 5.92 Å². The van der Waals surface area contributed by atoms with Crippen molar-refractivity contribution in [1.82, 2.24) is 0 Å². The summed E-state index contributed by atoms with van der Waals surface area (Å²) in [7, 11) is 0. The van der Waals surface area contributed by atoms with Gasteiger partial charge in [0.25, 0.3) is 0 Å². The van der Waals surface area contributed by atoms with E-state index in [-0.39, 0.29) is 5.57 Å². The minimum Gasteiger partial charge on any atom is -0.460 e. The molecule has 0 saturated heterocycles. The second-order valence-corrected chi connectivity index (χ2v) is 6.76. The highest BCUT2D eigenvalue weighted by Gasteiger charge is 2.41. The zero-order valence-corrected chi connectivity index (χ0v) is 15.3. The van der Waals surface area contributed by atoms with Crippen molar-refractivity contribution in [3.8, 4) is 23.5 Å². The van der Waals surface area contributed by atoms with E-state index >= 15 is 0 Å². The molecular formula is C23H15N5O. The van der Waals surface area contributed by atoms with Crippen LogP contribution in [0.25, 0.3) is 11.3 Å². The van der Waals surface area contributed by atoms with E-state index in [0.29, 0.717) is 28.7 Å². The third kappa shape index (κ3) is 2.40. The number of nitrogens with two attached hydrogens (primary N) is 1. The molecule has 0 spiro atoms. The van der Waals surface area contributed by atoms with Crippen LogP contribution in [0.4, 0.5) is 11.4 Å². The Labute approximate surface area is 167 Å². The summed E-state index contributed by atoms with van der Waals surface area (Å²) < 4.78 is 6.07. The lowest BCUT2D eigenvalue weighted by atomic mass is 9.87. The quantitative estimate of drug-likeness (QED) is 0.686. The van der Waals surface area contributed by atoms with Crippen LogP contribution >= 0.6 is 0 Å². The molecule has 3 N–H and O–H groups in total. The molecule has 2 aliphatic heterocycles. The van der Waals surface area contributed by atoms with Gasteiger partial charge in [-0.1, -0.05) is 42.5 Å². The Morgan fingerprint density at radius 1 is 0.897 bits per heavy atom. The van der Waals surface area contributed by atoms with E-state index in [2.05, 4.69) is 17.5 Å². The number of benzene rings is 2. The van der Waals surface area contributed by atoms with Crippen molar-refractivity contribution in [2.75, 3.05) is 10.2 Å². The number of hydrogen-bond acceptors (Lipinski definition) is 6. The second kappa shape index (κ2) is 6.33.